The first-order valence-corrected chi connectivity index (χ1v) is 4.28. The normalized spacial score (nSPS) is 11.6. The van der Waals surface area contributed by atoms with Crippen LogP contribution in [-0.4, -0.2) is 19.1 Å². The van der Waals surface area contributed by atoms with Gasteiger partial charge in [-0.3, -0.25) is 4.79 Å². The molecule has 0 aliphatic rings. The molecule has 0 aliphatic carbocycles. The molecule has 0 saturated carbocycles. The third kappa shape index (κ3) is 9.43. The van der Waals surface area contributed by atoms with E-state index in [1.807, 2.05) is 0 Å². The van der Waals surface area contributed by atoms with Crippen LogP contribution in [0.2, 0.25) is 0 Å². The van der Waals surface area contributed by atoms with Gasteiger partial charge in [-0.1, -0.05) is 20.8 Å². The van der Waals surface area contributed by atoms with Gasteiger partial charge in [0.1, 0.15) is 0 Å². The molecule has 72 valence electrons. The lowest BCUT2D eigenvalue weighted by molar-refractivity contribution is -0.119. The van der Waals surface area contributed by atoms with Gasteiger partial charge in [-0.05, 0) is 11.8 Å². The van der Waals surface area contributed by atoms with Crippen molar-refractivity contribution in [2.45, 2.75) is 33.6 Å². The molecule has 0 atom stereocenters. The zero-order valence-electron chi connectivity index (χ0n) is 8.22. The van der Waals surface area contributed by atoms with Crippen molar-refractivity contribution in [2.24, 2.45) is 11.1 Å². The maximum Gasteiger partial charge on any atom is 0.219 e. The Balaban J connectivity index is 3.17. The number of ether oxygens (including phenoxy) is 1. The van der Waals surface area contributed by atoms with E-state index < -0.39 is 0 Å². The average Bonchev–Trinajstić information content (AvgIpc) is 1.83. The van der Waals surface area contributed by atoms with Gasteiger partial charge in [0.25, 0.3) is 0 Å². The lowest BCUT2D eigenvalue weighted by Crippen LogP contribution is -2.15. The van der Waals surface area contributed by atoms with Gasteiger partial charge in [0.2, 0.25) is 5.91 Å². The summed E-state index contributed by atoms with van der Waals surface area (Å²) in [4.78, 5) is 10.3. The maximum absolute atomic E-state index is 10.3. The van der Waals surface area contributed by atoms with E-state index in [4.69, 9.17) is 10.5 Å². The number of nitrogens with two attached hydrogens (primary N) is 1. The fraction of sp³-hybridized carbons (Fsp3) is 0.889. The van der Waals surface area contributed by atoms with E-state index in [2.05, 4.69) is 20.8 Å². The quantitative estimate of drug-likeness (QED) is 0.637. The molecule has 0 aromatic rings. The van der Waals surface area contributed by atoms with Crippen LogP contribution in [-0.2, 0) is 9.53 Å². The Morgan fingerprint density at radius 2 is 1.92 bits per heavy atom. The highest BCUT2D eigenvalue weighted by molar-refractivity contribution is 5.73. The Labute approximate surface area is 74.3 Å². The zero-order valence-corrected chi connectivity index (χ0v) is 8.22. The molecule has 0 rings (SSSR count). The van der Waals surface area contributed by atoms with Crippen molar-refractivity contribution in [2.75, 3.05) is 13.2 Å². The molecule has 3 nitrogen and oxygen atoms in total. The Bertz CT molecular complexity index is 138. The van der Waals surface area contributed by atoms with Gasteiger partial charge in [-0.15, -0.1) is 0 Å². The van der Waals surface area contributed by atoms with Crippen LogP contribution < -0.4 is 5.73 Å². The molecular weight excluding hydrogens is 154 g/mol. The summed E-state index contributed by atoms with van der Waals surface area (Å²) in [5.41, 5.74) is 5.24. The first kappa shape index (κ1) is 11.4. The van der Waals surface area contributed by atoms with Crippen LogP contribution >= 0.6 is 0 Å². The molecule has 0 aromatic carbocycles. The van der Waals surface area contributed by atoms with E-state index >= 15 is 0 Å². The van der Waals surface area contributed by atoms with Gasteiger partial charge in [0, 0.05) is 13.0 Å². The summed E-state index contributed by atoms with van der Waals surface area (Å²) in [6.45, 7) is 7.63. The molecule has 0 heterocycles. The van der Waals surface area contributed by atoms with E-state index in [-0.39, 0.29) is 5.91 Å². The summed E-state index contributed by atoms with van der Waals surface area (Å²) in [5, 5.41) is 0. The number of hydrogen-bond donors (Lipinski definition) is 1. The number of amides is 1. The van der Waals surface area contributed by atoms with Crippen molar-refractivity contribution in [3.05, 3.63) is 0 Å². The highest BCUT2D eigenvalue weighted by Crippen LogP contribution is 2.17. The third-order valence-corrected chi connectivity index (χ3v) is 1.49. The fourth-order valence-corrected chi connectivity index (χ4v) is 0.653. The summed E-state index contributed by atoms with van der Waals surface area (Å²) in [6.07, 6.45) is 1.33. The lowest BCUT2D eigenvalue weighted by atomic mass is 9.93. The molecule has 0 aliphatic heterocycles. The SMILES string of the molecule is CC(C)(C)CCOCCC(N)=O. The van der Waals surface area contributed by atoms with Crippen molar-refractivity contribution >= 4 is 5.91 Å². The van der Waals surface area contributed by atoms with Gasteiger partial charge in [0.05, 0.1) is 6.61 Å². The van der Waals surface area contributed by atoms with Gasteiger partial charge in [-0.25, -0.2) is 0 Å². The predicted octanol–water partition coefficient (Wildman–Crippen LogP) is 1.31. The topological polar surface area (TPSA) is 52.3 Å². The van der Waals surface area contributed by atoms with Crippen LogP contribution in [0.25, 0.3) is 0 Å². The summed E-state index contributed by atoms with van der Waals surface area (Å²) >= 11 is 0. The molecular formula is C9H19NO2. The minimum Gasteiger partial charge on any atom is -0.381 e. The first-order chi connectivity index (χ1) is 5.42. The van der Waals surface area contributed by atoms with E-state index in [9.17, 15) is 4.79 Å². The standard InChI is InChI=1S/C9H19NO2/c1-9(2,3)5-7-12-6-4-8(10)11/h4-7H2,1-3H3,(H2,10,11). The van der Waals surface area contributed by atoms with Crippen molar-refractivity contribution in [1.82, 2.24) is 0 Å². The second kappa shape index (κ2) is 5.14. The number of carbonyl (C=O) groups is 1. The molecule has 0 radical (unpaired) electrons. The maximum atomic E-state index is 10.3. The molecule has 0 saturated heterocycles. The largest absolute Gasteiger partial charge is 0.381 e. The first-order valence-electron chi connectivity index (χ1n) is 4.28. The van der Waals surface area contributed by atoms with Crippen molar-refractivity contribution < 1.29 is 9.53 Å². The van der Waals surface area contributed by atoms with Crippen molar-refractivity contribution in [3.63, 3.8) is 0 Å². The number of hydrogen-bond acceptors (Lipinski definition) is 2. The van der Waals surface area contributed by atoms with Crippen LogP contribution in [0.1, 0.15) is 33.6 Å². The minimum absolute atomic E-state index is 0.298. The van der Waals surface area contributed by atoms with Gasteiger partial charge >= 0.3 is 0 Å². The summed E-state index contributed by atoms with van der Waals surface area (Å²) < 4.78 is 5.22. The highest BCUT2D eigenvalue weighted by atomic mass is 16.5. The smallest absolute Gasteiger partial charge is 0.219 e. The molecule has 2 N–H and O–H groups in total. The van der Waals surface area contributed by atoms with E-state index in [0.29, 0.717) is 25.0 Å². The van der Waals surface area contributed by atoms with Gasteiger partial charge in [-0.2, -0.15) is 0 Å². The number of carbonyl (C=O) groups excluding carboxylic acids is 1. The number of primary amides is 1. The molecule has 0 fully saturated rings. The summed E-state index contributed by atoms with van der Waals surface area (Å²) in [5.74, 6) is -0.300. The van der Waals surface area contributed by atoms with Crippen LogP contribution in [0.15, 0.2) is 0 Å². The molecule has 0 spiro atoms. The van der Waals surface area contributed by atoms with E-state index in [0.717, 1.165) is 6.42 Å². The molecule has 0 unspecified atom stereocenters. The Morgan fingerprint density at radius 1 is 1.33 bits per heavy atom. The molecule has 0 bridgehead atoms. The van der Waals surface area contributed by atoms with Gasteiger partial charge < -0.3 is 10.5 Å². The molecule has 12 heavy (non-hydrogen) atoms. The Morgan fingerprint density at radius 3 is 2.33 bits per heavy atom. The fourth-order valence-electron chi connectivity index (χ4n) is 0.653. The van der Waals surface area contributed by atoms with Crippen molar-refractivity contribution in [3.8, 4) is 0 Å². The van der Waals surface area contributed by atoms with Crippen LogP contribution in [0.5, 0.6) is 0 Å². The Hall–Kier alpha value is -0.570. The van der Waals surface area contributed by atoms with Gasteiger partial charge in [0.15, 0.2) is 0 Å². The predicted molar refractivity (Wildman–Crippen MR) is 48.7 cm³/mol. The minimum atomic E-state index is -0.300. The van der Waals surface area contributed by atoms with Crippen LogP contribution in [0, 0.1) is 5.41 Å². The van der Waals surface area contributed by atoms with E-state index in [1.54, 1.807) is 0 Å². The molecule has 3 heteroatoms. The Kier molecular flexibility index (Phi) is 4.90. The van der Waals surface area contributed by atoms with Crippen molar-refractivity contribution in [1.29, 1.82) is 0 Å². The third-order valence-electron chi connectivity index (χ3n) is 1.49. The second-order valence-electron chi connectivity index (χ2n) is 4.14. The molecule has 0 aromatic heterocycles. The number of rotatable bonds is 5. The zero-order chi connectivity index (χ0) is 9.61. The lowest BCUT2D eigenvalue weighted by Gasteiger charge is -2.17. The second-order valence-corrected chi connectivity index (χ2v) is 4.14. The van der Waals surface area contributed by atoms with Crippen LogP contribution in [0.3, 0.4) is 0 Å². The monoisotopic (exact) mass is 173 g/mol. The summed E-state index contributed by atoms with van der Waals surface area (Å²) in [6, 6.07) is 0. The molecule has 1 amide bonds. The summed E-state index contributed by atoms with van der Waals surface area (Å²) in [7, 11) is 0. The van der Waals surface area contributed by atoms with Crippen LogP contribution in [0.4, 0.5) is 0 Å². The van der Waals surface area contributed by atoms with E-state index in [1.165, 1.54) is 0 Å². The highest BCUT2D eigenvalue weighted by Gasteiger charge is 2.09. The average molecular weight is 173 g/mol.